The molecule has 0 saturated carbocycles. The standard InChI is InChI=1S/C16H14Cl2N4O2S2/c1-19-7-6-10-8-22(12-5-3-2-4-11(10)12)26(23,24)15-14(18)20-16-21(15)9-13(17)25-16/h2-5,8-9,19H,6-7H2,1H3. The van der Waals surface area contributed by atoms with Crippen molar-refractivity contribution in [3.05, 3.63) is 51.7 Å². The van der Waals surface area contributed by atoms with Crippen LogP contribution < -0.4 is 5.32 Å². The first-order chi connectivity index (χ1) is 12.4. The Kier molecular flexibility index (Phi) is 4.48. The molecule has 0 atom stereocenters. The van der Waals surface area contributed by atoms with Gasteiger partial charge in [0.15, 0.2) is 10.1 Å². The summed E-state index contributed by atoms with van der Waals surface area (Å²) in [6.07, 6.45) is 3.88. The number of hydrogen-bond donors (Lipinski definition) is 1. The third-order valence-corrected chi connectivity index (χ3v) is 7.30. The largest absolute Gasteiger partial charge is 0.319 e. The van der Waals surface area contributed by atoms with Gasteiger partial charge in [0.25, 0.3) is 10.0 Å². The van der Waals surface area contributed by atoms with Gasteiger partial charge in [-0.25, -0.2) is 8.96 Å². The summed E-state index contributed by atoms with van der Waals surface area (Å²) in [5.41, 5.74) is 1.55. The van der Waals surface area contributed by atoms with Gasteiger partial charge in [-0.1, -0.05) is 52.7 Å². The van der Waals surface area contributed by atoms with Gasteiger partial charge in [-0.15, -0.1) is 0 Å². The van der Waals surface area contributed by atoms with Crippen LogP contribution in [0.2, 0.25) is 9.49 Å². The SMILES string of the molecule is CNCCc1cn(S(=O)(=O)c2c(Cl)nc3sc(Cl)cn23)c2ccccc12. The fourth-order valence-corrected chi connectivity index (χ4v) is 6.08. The minimum atomic E-state index is -3.96. The van der Waals surface area contributed by atoms with E-state index in [1.807, 2.05) is 25.2 Å². The molecule has 0 aliphatic rings. The molecule has 3 heterocycles. The summed E-state index contributed by atoms with van der Waals surface area (Å²) >= 11 is 13.3. The number of fused-ring (bicyclic) bond motifs is 2. The second-order valence-electron chi connectivity index (χ2n) is 5.72. The summed E-state index contributed by atoms with van der Waals surface area (Å²) in [4.78, 5) is 4.56. The highest BCUT2D eigenvalue weighted by Crippen LogP contribution is 2.33. The molecule has 4 aromatic rings. The maximum absolute atomic E-state index is 13.4. The molecule has 0 unspecified atom stereocenters. The van der Waals surface area contributed by atoms with Crippen molar-refractivity contribution in [2.45, 2.75) is 11.4 Å². The number of hydrogen-bond acceptors (Lipinski definition) is 5. The van der Waals surface area contributed by atoms with Crippen molar-refractivity contribution >= 4 is 60.4 Å². The van der Waals surface area contributed by atoms with Crippen molar-refractivity contribution in [1.82, 2.24) is 18.7 Å². The van der Waals surface area contributed by atoms with Crippen molar-refractivity contribution in [2.75, 3.05) is 13.6 Å². The van der Waals surface area contributed by atoms with Gasteiger partial charge in [0.2, 0.25) is 5.03 Å². The number of halogens is 2. The van der Waals surface area contributed by atoms with E-state index in [-0.39, 0.29) is 10.2 Å². The number of para-hydroxylation sites is 1. The van der Waals surface area contributed by atoms with Crippen LogP contribution in [0.25, 0.3) is 15.9 Å². The first-order valence-corrected chi connectivity index (χ1v) is 10.8. The summed E-state index contributed by atoms with van der Waals surface area (Å²) in [6, 6.07) is 7.40. The number of benzene rings is 1. The molecule has 10 heteroatoms. The van der Waals surface area contributed by atoms with E-state index in [2.05, 4.69) is 10.3 Å². The molecule has 1 aromatic carbocycles. The Labute approximate surface area is 164 Å². The monoisotopic (exact) mass is 428 g/mol. The number of nitrogens with zero attached hydrogens (tertiary/aromatic N) is 3. The highest BCUT2D eigenvalue weighted by Gasteiger charge is 2.29. The lowest BCUT2D eigenvalue weighted by Crippen LogP contribution is -2.14. The van der Waals surface area contributed by atoms with E-state index in [0.717, 1.165) is 17.5 Å². The molecule has 0 spiro atoms. The van der Waals surface area contributed by atoms with Crippen molar-refractivity contribution in [1.29, 1.82) is 0 Å². The van der Waals surface area contributed by atoms with Crippen LogP contribution in [0.5, 0.6) is 0 Å². The zero-order valence-electron chi connectivity index (χ0n) is 13.6. The Morgan fingerprint density at radius 2 is 2.00 bits per heavy atom. The average molecular weight is 429 g/mol. The summed E-state index contributed by atoms with van der Waals surface area (Å²) in [5.74, 6) is 0. The van der Waals surface area contributed by atoms with E-state index in [0.29, 0.717) is 21.2 Å². The first-order valence-electron chi connectivity index (χ1n) is 7.75. The Bertz CT molecular complexity index is 1220. The Morgan fingerprint density at radius 1 is 1.23 bits per heavy atom. The lowest BCUT2D eigenvalue weighted by Gasteiger charge is -2.07. The minimum absolute atomic E-state index is 0.0672. The number of likely N-dealkylation sites (N-methyl/N-ethyl adjacent to an activating group) is 1. The van der Waals surface area contributed by atoms with Crippen LogP contribution >= 0.6 is 34.5 Å². The van der Waals surface area contributed by atoms with Crippen molar-refractivity contribution in [3.8, 4) is 0 Å². The molecule has 6 nitrogen and oxygen atoms in total. The number of nitrogens with one attached hydrogen (secondary N) is 1. The van der Waals surface area contributed by atoms with Gasteiger partial charge in [-0.2, -0.15) is 8.42 Å². The summed E-state index contributed by atoms with van der Waals surface area (Å²) in [5, 5.41) is 3.83. The lowest BCUT2D eigenvalue weighted by atomic mass is 10.1. The van der Waals surface area contributed by atoms with Gasteiger partial charge in [-0.05, 0) is 31.6 Å². The quantitative estimate of drug-likeness (QED) is 0.526. The summed E-state index contributed by atoms with van der Waals surface area (Å²) < 4.78 is 29.9. The van der Waals surface area contributed by atoms with Crippen LogP contribution in [-0.2, 0) is 16.4 Å². The summed E-state index contributed by atoms with van der Waals surface area (Å²) in [7, 11) is -2.10. The Hall–Kier alpha value is -1.58. The molecule has 0 aliphatic heterocycles. The van der Waals surface area contributed by atoms with Crippen LogP contribution in [0.4, 0.5) is 0 Å². The molecule has 3 aromatic heterocycles. The number of thiazole rings is 1. The van der Waals surface area contributed by atoms with Crippen molar-refractivity contribution in [3.63, 3.8) is 0 Å². The molecule has 0 fully saturated rings. The van der Waals surface area contributed by atoms with E-state index < -0.39 is 10.0 Å². The van der Waals surface area contributed by atoms with E-state index in [4.69, 9.17) is 23.2 Å². The molecular weight excluding hydrogens is 415 g/mol. The number of rotatable bonds is 5. The van der Waals surface area contributed by atoms with Crippen LogP contribution in [0.15, 0.2) is 41.7 Å². The summed E-state index contributed by atoms with van der Waals surface area (Å²) in [6.45, 7) is 0.742. The maximum Gasteiger partial charge on any atom is 0.287 e. The molecule has 26 heavy (non-hydrogen) atoms. The van der Waals surface area contributed by atoms with Crippen LogP contribution in [0.3, 0.4) is 0 Å². The maximum atomic E-state index is 13.4. The average Bonchev–Trinajstić information content (AvgIpc) is 3.22. The fourth-order valence-electron chi connectivity index (χ4n) is 2.97. The van der Waals surface area contributed by atoms with Gasteiger partial charge < -0.3 is 5.32 Å². The Morgan fingerprint density at radius 3 is 2.77 bits per heavy atom. The molecule has 0 amide bonds. The molecular formula is C16H14Cl2N4O2S2. The lowest BCUT2D eigenvalue weighted by molar-refractivity contribution is 0.584. The highest BCUT2D eigenvalue weighted by atomic mass is 35.5. The van der Waals surface area contributed by atoms with Gasteiger partial charge in [0.1, 0.15) is 4.34 Å². The van der Waals surface area contributed by atoms with Crippen LogP contribution in [0.1, 0.15) is 5.56 Å². The second kappa shape index (κ2) is 6.54. The zero-order chi connectivity index (χ0) is 18.5. The molecule has 0 bridgehead atoms. The third kappa shape index (κ3) is 2.73. The van der Waals surface area contributed by atoms with E-state index in [1.54, 1.807) is 12.3 Å². The number of imidazole rings is 1. The minimum Gasteiger partial charge on any atom is -0.319 e. The van der Waals surface area contributed by atoms with Crippen LogP contribution in [-0.4, -0.2) is 35.4 Å². The van der Waals surface area contributed by atoms with Crippen molar-refractivity contribution < 1.29 is 8.42 Å². The van der Waals surface area contributed by atoms with E-state index in [1.165, 1.54) is 25.9 Å². The molecule has 0 saturated heterocycles. The third-order valence-electron chi connectivity index (χ3n) is 4.12. The zero-order valence-corrected chi connectivity index (χ0v) is 16.8. The van der Waals surface area contributed by atoms with Gasteiger partial charge >= 0.3 is 0 Å². The molecule has 1 N–H and O–H groups in total. The van der Waals surface area contributed by atoms with Crippen molar-refractivity contribution in [2.24, 2.45) is 0 Å². The Balaban J connectivity index is 1.97. The van der Waals surface area contributed by atoms with E-state index >= 15 is 0 Å². The molecule has 4 rings (SSSR count). The van der Waals surface area contributed by atoms with E-state index in [9.17, 15) is 8.42 Å². The fraction of sp³-hybridized carbons (Fsp3) is 0.188. The van der Waals surface area contributed by atoms with Crippen LogP contribution in [0, 0.1) is 0 Å². The van der Waals surface area contributed by atoms with Gasteiger partial charge in [0, 0.05) is 17.8 Å². The topological polar surface area (TPSA) is 68.4 Å². The molecule has 0 radical (unpaired) electrons. The second-order valence-corrected chi connectivity index (χ2v) is 9.45. The number of aromatic nitrogens is 3. The normalized spacial score (nSPS) is 12.4. The predicted molar refractivity (Wildman–Crippen MR) is 105 cm³/mol. The smallest absolute Gasteiger partial charge is 0.287 e. The van der Waals surface area contributed by atoms with Gasteiger partial charge in [0.05, 0.1) is 5.52 Å². The first kappa shape index (κ1) is 17.8. The molecule has 0 aliphatic carbocycles. The highest BCUT2D eigenvalue weighted by molar-refractivity contribution is 7.90. The predicted octanol–water partition coefficient (Wildman–Crippen LogP) is 3.66. The molecule has 136 valence electrons. The van der Waals surface area contributed by atoms with Gasteiger partial charge in [-0.3, -0.25) is 4.40 Å².